The summed E-state index contributed by atoms with van der Waals surface area (Å²) in [6, 6.07) is 0.370. The number of nitrogen functional groups attached to an aromatic ring is 1. The number of tetrazole rings is 1. The number of likely N-dealkylation sites (N-methyl/N-ethyl adjacent to an activating group) is 1. The van der Waals surface area contributed by atoms with Crippen LogP contribution in [0.15, 0.2) is 0 Å². The number of likely N-dealkylation sites (tertiary alicyclic amines) is 1. The maximum Gasteiger partial charge on any atom is 0.240 e. The minimum atomic E-state index is 0.370. The molecule has 1 aliphatic heterocycles. The van der Waals surface area contributed by atoms with Crippen LogP contribution in [0.1, 0.15) is 6.04 Å². The number of rotatable bonds is 1. The summed E-state index contributed by atoms with van der Waals surface area (Å²) in [5.41, 5.74) is 5.50. The molecule has 1 aromatic rings. The minimum absolute atomic E-state index is 0.370. The molecule has 2 heterocycles. The van der Waals surface area contributed by atoms with Crippen LogP contribution in [-0.4, -0.2) is 45.2 Å². The van der Waals surface area contributed by atoms with Crippen LogP contribution in [0.2, 0.25) is 0 Å². The van der Waals surface area contributed by atoms with Crippen molar-refractivity contribution in [2.45, 2.75) is 6.04 Å². The van der Waals surface area contributed by atoms with E-state index in [9.17, 15) is 0 Å². The normalized spacial score (nSPS) is 20.1. The Labute approximate surface area is 64.0 Å². The van der Waals surface area contributed by atoms with Gasteiger partial charge >= 0.3 is 0 Å². The van der Waals surface area contributed by atoms with E-state index in [0.29, 0.717) is 12.0 Å². The zero-order valence-corrected chi connectivity index (χ0v) is 6.30. The maximum atomic E-state index is 5.50. The second-order valence-corrected chi connectivity index (χ2v) is 2.86. The molecule has 0 unspecified atom stereocenters. The lowest BCUT2D eigenvalue weighted by Gasteiger charge is -2.35. The quantitative estimate of drug-likeness (QED) is 0.546. The topological polar surface area (TPSA) is 72.9 Å². The monoisotopic (exact) mass is 154 g/mol. The number of nitrogens with zero attached hydrogens (tertiary/aromatic N) is 5. The highest BCUT2D eigenvalue weighted by atomic mass is 15.6. The summed E-state index contributed by atoms with van der Waals surface area (Å²) in [7, 11) is 2.05. The molecule has 1 aliphatic rings. The Morgan fingerprint density at radius 3 is 2.73 bits per heavy atom. The Kier molecular flexibility index (Phi) is 1.28. The standard InChI is InChI=1S/C5H10N6/c1-10-2-4(3-10)11-5(6)7-8-9-11/h4H,2-3H2,1H3,(H2,6,7,9). The van der Waals surface area contributed by atoms with E-state index in [0.717, 1.165) is 13.1 Å². The molecule has 0 spiro atoms. The van der Waals surface area contributed by atoms with Crippen LogP contribution in [0, 0.1) is 0 Å². The molecule has 6 nitrogen and oxygen atoms in total. The lowest BCUT2D eigenvalue weighted by Crippen LogP contribution is -2.45. The Morgan fingerprint density at radius 1 is 1.55 bits per heavy atom. The summed E-state index contributed by atoms with van der Waals surface area (Å²) in [4.78, 5) is 2.19. The van der Waals surface area contributed by atoms with E-state index >= 15 is 0 Å². The molecule has 60 valence electrons. The van der Waals surface area contributed by atoms with Crippen molar-refractivity contribution in [2.24, 2.45) is 0 Å². The molecule has 2 N–H and O–H groups in total. The average Bonchev–Trinajstić information content (AvgIpc) is 2.29. The molecule has 0 bridgehead atoms. The molecule has 1 fully saturated rings. The van der Waals surface area contributed by atoms with Crippen molar-refractivity contribution < 1.29 is 0 Å². The van der Waals surface area contributed by atoms with E-state index in [-0.39, 0.29) is 0 Å². The first-order valence-corrected chi connectivity index (χ1v) is 3.49. The first kappa shape index (κ1) is 6.53. The van der Waals surface area contributed by atoms with Gasteiger partial charge in [-0.05, 0) is 17.5 Å². The van der Waals surface area contributed by atoms with Gasteiger partial charge in [-0.15, -0.1) is 0 Å². The molecule has 11 heavy (non-hydrogen) atoms. The number of anilines is 1. The van der Waals surface area contributed by atoms with Crippen LogP contribution in [0.5, 0.6) is 0 Å². The van der Waals surface area contributed by atoms with Gasteiger partial charge in [0.25, 0.3) is 0 Å². The molecule has 1 saturated heterocycles. The minimum Gasteiger partial charge on any atom is -0.367 e. The van der Waals surface area contributed by atoms with Gasteiger partial charge in [-0.2, -0.15) is 0 Å². The van der Waals surface area contributed by atoms with E-state index < -0.39 is 0 Å². The fourth-order valence-corrected chi connectivity index (χ4v) is 1.28. The molecule has 6 heteroatoms. The predicted octanol–water partition coefficient (Wildman–Crippen LogP) is -1.26. The van der Waals surface area contributed by atoms with Crippen molar-refractivity contribution in [3.63, 3.8) is 0 Å². The van der Waals surface area contributed by atoms with Crippen molar-refractivity contribution in [3.05, 3.63) is 0 Å². The molecule has 0 aromatic carbocycles. The highest BCUT2D eigenvalue weighted by Crippen LogP contribution is 2.18. The van der Waals surface area contributed by atoms with E-state index in [2.05, 4.69) is 27.5 Å². The number of hydrogen-bond donors (Lipinski definition) is 1. The van der Waals surface area contributed by atoms with E-state index in [1.165, 1.54) is 0 Å². The van der Waals surface area contributed by atoms with E-state index in [4.69, 9.17) is 5.73 Å². The second-order valence-electron chi connectivity index (χ2n) is 2.86. The largest absolute Gasteiger partial charge is 0.367 e. The number of nitrogens with two attached hydrogens (primary N) is 1. The highest BCUT2D eigenvalue weighted by molar-refractivity contribution is 5.12. The van der Waals surface area contributed by atoms with Crippen LogP contribution in [0.25, 0.3) is 0 Å². The zero-order valence-electron chi connectivity index (χ0n) is 6.30. The third-order valence-electron chi connectivity index (χ3n) is 1.91. The van der Waals surface area contributed by atoms with Gasteiger partial charge in [-0.1, -0.05) is 5.10 Å². The zero-order chi connectivity index (χ0) is 7.84. The Morgan fingerprint density at radius 2 is 2.27 bits per heavy atom. The fourth-order valence-electron chi connectivity index (χ4n) is 1.28. The van der Waals surface area contributed by atoms with Gasteiger partial charge < -0.3 is 10.6 Å². The molecule has 0 atom stereocenters. The molecule has 1 aromatic heterocycles. The summed E-state index contributed by atoms with van der Waals surface area (Å²) < 4.78 is 1.67. The van der Waals surface area contributed by atoms with Crippen LogP contribution in [-0.2, 0) is 0 Å². The molecule has 0 aliphatic carbocycles. The number of aromatic nitrogens is 4. The SMILES string of the molecule is CN1CC(n2nnnc2N)C1. The molecule has 0 saturated carbocycles. The van der Waals surface area contributed by atoms with Gasteiger partial charge in [-0.25, -0.2) is 4.68 Å². The molecular weight excluding hydrogens is 144 g/mol. The van der Waals surface area contributed by atoms with Gasteiger partial charge in [0.2, 0.25) is 5.95 Å². The van der Waals surface area contributed by atoms with Crippen LogP contribution >= 0.6 is 0 Å². The van der Waals surface area contributed by atoms with Gasteiger partial charge in [0.1, 0.15) is 0 Å². The van der Waals surface area contributed by atoms with Crippen LogP contribution in [0.4, 0.5) is 5.95 Å². The third kappa shape index (κ3) is 0.949. The van der Waals surface area contributed by atoms with Crippen LogP contribution < -0.4 is 5.73 Å². The molecule has 2 rings (SSSR count). The molecular formula is C5H10N6. The van der Waals surface area contributed by atoms with Gasteiger partial charge in [0.15, 0.2) is 0 Å². The van der Waals surface area contributed by atoms with Crippen molar-refractivity contribution in [1.82, 2.24) is 25.1 Å². The summed E-state index contributed by atoms with van der Waals surface area (Å²) in [5.74, 6) is 0.406. The smallest absolute Gasteiger partial charge is 0.240 e. The first-order chi connectivity index (χ1) is 5.27. The van der Waals surface area contributed by atoms with Gasteiger partial charge in [-0.3, -0.25) is 0 Å². The molecule has 0 radical (unpaired) electrons. The molecule has 0 amide bonds. The Balaban J connectivity index is 2.12. The average molecular weight is 154 g/mol. The van der Waals surface area contributed by atoms with Gasteiger partial charge in [0, 0.05) is 13.1 Å². The fraction of sp³-hybridized carbons (Fsp3) is 0.800. The number of hydrogen-bond acceptors (Lipinski definition) is 5. The Bertz CT molecular complexity index is 249. The summed E-state index contributed by atoms with van der Waals surface area (Å²) in [5, 5.41) is 10.9. The Hall–Kier alpha value is -1.17. The van der Waals surface area contributed by atoms with Crippen molar-refractivity contribution in [1.29, 1.82) is 0 Å². The van der Waals surface area contributed by atoms with Crippen molar-refractivity contribution >= 4 is 5.95 Å². The van der Waals surface area contributed by atoms with Gasteiger partial charge in [0.05, 0.1) is 6.04 Å². The van der Waals surface area contributed by atoms with E-state index in [1.54, 1.807) is 4.68 Å². The van der Waals surface area contributed by atoms with Crippen molar-refractivity contribution in [3.8, 4) is 0 Å². The van der Waals surface area contributed by atoms with E-state index in [1.807, 2.05) is 0 Å². The summed E-state index contributed by atoms with van der Waals surface area (Å²) in [6.07, 6.45) is 0. The lowest BCUT2D eigenvalue weighted by molar-refractivity contribution is 0.130. The maximum absolute atomic E-state index is 5.50. The van der Waals surface area contributed by atoms with Crippen molar-refractivity contribution in [2.75, 3.05) is 25.9 Å². The first-order valence-electron chi connectivity index (χ1n) is 3.49. The van der Waals surface area contributed by atoms with Crippen LogP contribution in [0.3, 0.4) is 0 Å². The lowest BCUT2D eigenvalue weighted by atomic mass is 10.1. The third-order valence-corrected chi connectivity index (χ3v) is 1.91. The summed E-state index contributed by atoms with van der Waals surface area (Å²) in [6.45, 7) is 1.96. The second kappa shape index (κ2) is 2.16. The highest BCUT2D eigenvalue weighted by Gasteiger charge is 2.27. The summed E-state index contributed by atoms with van der Waals surface area (Å²) >= 11 is 0. The predicted molar refractivity (Wildman–Crippen MR) is 38.8 cm³/mol.